The number of anilines is 1. The Hall–Kier alpha value is -1.74. The SMILES string of the molecule is CC(C)Nc1ncnc2c([C@@H]3O[C@H](CO)[C@@H](O)[C@H]3O)coc12. The molecule has 0 aromatic carbocycles. The van der Waals surface area contributed by atoms with E-state index in [0.29, 0.717) is 22.5 Å². The number of nitrogens with zero attached hydrogens (tertiary/aromatic N) is 2. The van der Waals surface area contributed by atoms with Gasteiger partial charge in [0.15, 0.2) is 11.4 Å². The maximum absolute atomic E-state index is 10.1. The normalized spacial score (nSPS) is 28.6. The third-order valence-electron chi connectivity index (χ3n) is 3.66. The first kappa shape index (κ1) is 15.2. The average Bonchev–Trinajstić information content (AvgIpc) is 3.02. The first-order valence-electron chi connectivity index (χ1n) is 7.14. The van der Waals surface area contributed by atoms with Crippen molar-refractivity contribution in [2.75, 3.05) is 11.9 Å². The zero-order chi connectivity index (χ0) is 15.9. The summed E-state index contributed by atoms with van der Waals surface area (Å²) in [5.74, 6) is 0.554. The minimum absolute atomic E-state index is 0.167. The van der Waals surface area contributed by atoms with Gasteiger partial charge in [-0.2, -0.15) is 0 Å². The lowest BCUT2D eigenvalue weighted by Gasteiger charge is -2.13. The van der Waals surface area contributed by atoms with Gasteiger partial charge in [0.1, 0.15) is 36.3 Å². The fourth-order valence-corrected chi connectivity index (χ4v) is 2.60. The molecule has 3 rings (SSSR count). The van der Waals surface area contributed by atoms with E-state index in [0.717, 1.165) is 0 Å². The number of hydrogen-bond donors (Lipinski definition) is 4. The maximum Gasteiger partial charge on any atom is 0.194 e. The molecule has 8 nitrogen and oxygen atoms in total. The molecule has 8 heteroatoms. The van der Waals surface area contributed by atoms with Gasteiger partial charge in [0.05, 0.1) is 12.9 Å². The summed E-state index contributed by atoms with van der Waals surface area (Å²) in [4.78, 5) is 8.33. The second kappa shape index (κ2) is 5.81. The number of ether oxygens (including phenoxy) is 1. The second-order valence-corrected chi connectivity index (χ2v) is 5.65. The van der Waals surface area contributed by atoms with E-state index < -0.39 is 24.4 Å². The van der Waals surface area contributed by atoms with Crippen LogP contribution in [-0.2, 0) is 4.74 Å². The molecule has 0 aliphatic carbocycles. The van der Waals surface area contributed by atoms with Gasteiger partial charge < -0.3 is 29.8 Å². The smallest absolute Gasteiger partial charge is 0.194 e. The number of aromatic nitrogens is 2. The molecule has 1 aliphatic heterocycles. The Labute approximate surface area is 126 Å². The van der Waals surface area contributed by atoms with Crippen LogP contribution in [0.2, 0.25) is 0 Å². The Balaban J connectivity index is 1.99. The van der Waals surface area contributed by atoms with E-state index >= 15 is 0 Å². The van der Waals surface area contributed by atoms with Gasteiger partial charge in [-0.05, 0) is 13.8 Å². The molecule has 22 heavy (non-hydrogen) atoms. The third-order valence-corrected chi connectivity index (χ3v) is 3.66. The highest BCUT2D eigenvalue weighted by Gasteiger charge is 2.44. The molecule has 0 spiro atoms. The van der Waals surface area contributed by atoms with Crippen LogP contribution in [0, 0.1) is 0 Å². The molecule has 0 unspecified atom stereocenters. The van der Waals surface area contributed by atoms with E-state index in [2.05, 4.69) is 15.3 Å². The first-order chi connectivity index (χ1) is 10.5. The van der Waals surface area contributed by atoms with Crippen molar-refractivity contribution in [3.63, 3.8) is 0 Å². The lowest BCUT2D eigenvalue weighted by atomic mass is 10.0. The van der Waals surface area contributed by atoms with Crippen molar-refractivity contribution in [1.29, 1.82) is 0 Å². The van der Waals surface area contributed by atoms with Crippen molar-refractivity contribution in [3.05, 3.63) is 18.2 Å². The average molecular weight is 309 g/mol. The molecule has 0 bridgehead atoms. The molecule has 3 heterocycles. The number of rotatable bonds is 4. The number of aliphatic hydroxyl groups excluding tert-OH is 3. The largest absolute Gasteiger partial charge is 0.458 e. The Morgan fingerprint density at radius 3 is 2.68 bits per heavy atom. The summed E-state index contributed by atoms with van der Waals surface area (Å²) in [6.45, 7) is 3.58. The predicted molar refractivity (Wildman–Crippen MR) is 77.3 cm³/mol. The van der Waals surface area contributed by atoms with E-state index in [1.54, 1.807) is 0 Å². The van der Waals surface area contributed by atoms with Crippen LogP contribution in [0.25, 0.3) is 11.1 Å². The highest BCUT2D eigenvalue weighted by atomic mass is 16.6. The van der Waals surface area contributed by atoms with E-state index in [9.17, 15) is 15.3 Å². The van der Waals surface area contributed by atoms with Gasteiger partial charge in [0, 0.05) is 11.6 Å². The zero-order valence-electron chi connectivity index (χ0n) is 12.3. The fourth-order valence-electron chi connectivity index (χ4n) is 2.60. The predicted octanol–water partition coefficient (Wildman–Crippen LogP) is 0.197. The van der Waals surface area contributed by atoms with E-state index in [4.69, 9.17) is 9.15 Å². The Kier molecular flexibility index (Phi) is 4.00. The van der Waals surface area contributed by atoms with Crippen LogP contribution in [0.15, 0.2) is 17.0 Å². The van der Waals surface area contributed by atoms with Gasteiger partial charge >= 0.3 is 0 Å². The molecular weight excluding hydrogens is 290 g/mol. The van der Waals surface area contributed by atoms with Crippen LogP contribution in [-0.4, -0.2) is 56.2 Å². The summed E-state index contributed by atoms with van der Waals surface area (Å²) in [5, 5.41) is 32.3. The summed E-state index contributed by atoms with van der Waals surface area (Å²) in [6.07, 6.45) is -1.13. The molecule has 0 radical (unpaired) electrons. The van der Waals surface area contributed by atoms with Gasteiger partial charge in [-0.15, -0.1) is 0 Å². The molecule has 2 aromatic rings. The van der Waals surface area contributed by atoms with Crippen LogP contribution < -0.4 is 5.32 Å². The third kappa shape index (κ3) is 2.44. The van der Waals surface area contributed by atoms with Crippen LogP contribution in [0.5, 0.6) is 0 Å². The van der Waals surface area contributed by atoms with Crippen molar-refractivity contribution in [3.8, 4) is 0 Å². The van der Waals surface area contributed by atoms with Gasteiger partial charge in [-0.25, -0.2) is 9.97 Å². The molecule has 2 aromatic heterocycles. The van der Waals surface area contributed by atoms with Crippen molar-refractivity contribution in [1.82, 2.24) is 9.97 Å². The van der Waals surface area contributed by atoms with Crippen LogP contribution in [0.1, 0.15) is 25.5 Å². The van der Waals surface area contributed by atoms with Crippen LogP contribution >= 0.6 is 0 Å². The van der Waals surface area contributed by atoms with Gasteiger partial charge in [0.25, 0.3) is 0 Å². The summed E-state index contributed by atoms with van der Waals surface area (Å²) in [7, 11) is 0. The zero-order valence-corrected chi connectivity index (χ0v) is 12.3. The Morgan fingerprint density at radius 2 is 2.05 bits per heavy atom. The van der Waals surface area contributed by atoms with E-state index in [-0.39, 0.29) is 12.6 Å². The Bertz CT molecular complexity index is 659. The highest BCUT2D eigenvalue weighted by Crippen LogP contribution is 2.38. The maximum atomic E-state index is 10.1. The standard InChI is InChI=1S/C14H19N3O5/c1-6(2)17-14-13-9(15-5-16-14)7(4-21-13)12-11(20)10(19)8(3-18)22-12/h4-6,8,10-12,18-20H,3H2,1-2H3,(H,15,16,17)/t8-,10-,11-,12+/m1/s1. The molecular formula is C14H19N3O5. The molecule has 4 N–H and O–H groups in total. The van der Waals surface area contributed by atoms with Crippen LogP contribution in [0.3, 0.4) is 0 Å². The number of nitrogens with one attached hydrogen (secondary N) is 1. The molecule has 4 atom stereocenters. The molecule has 1 aliphatic rings. The lowest BCUT2D eigenvalue weighted by Crippen LogP contribution is -2.32. The monoisotopic (exact) mass is 309 g/mol. The Morgan fingerprint density at radius 1 is 1.27 bits per heavy atom. The second-order valence-electron chi connectivity index (χ2n) is 5.65. The topological polar surface area (TPSA) is 121 Å². The summed E-state index contributed by atoms with van der Waals surface area (Å²) >= 11 is 0. The molecule has 1 fully saturated rings. The molecule has 0 saturated carbocycles. The molecule has 120 valence electrons. The van der Waals surface area contributed by atoms with Crippen molar-refractivity contribution in [2.45, 2.75) is 44.3 Å². The quantitative estimate of drug-likeness (QED) is 0.632. The van der Waals surface area contributed by atoms with Gasteiger partial charge in [-0.1, -0.05) is 0 Å². The van der Waals surface area contributed by atoms with Crippen molar-refractivity contribution < 1.29 is 24.5 Å². The summed E-state index contributed by atoms with van der Waals surface area (Å²) in [6, 6.07) is 0.167. The van der Waals surface area contributed by atoms with Crippen LogP contribution in [0.4, 0.5) is 5.82 Å². The summed E-state index contributed by atoms with van der Waals surface area (Å²) < 4.78 is 11.0. The fraction of sp³-hybridized carbons (Fsp3) is 0.571. The van der Waals surface area contributed by atoms with E-state index in [1.165, 1.54) is 12.6 Å². The molecule has 1 saturated heterocycles. The van der Waals surface area contributed by atoms with Gasteiger partial charge in [0.2, 0.25) is 0 Å². The van der Waals surface area contributed by atoms with Crippen molar-refractivity contribution in [2.24, 2.45) is 0 Å². The van der Waals surface area contributed by atoms with Gasteiger partial charge in [-0.3, -0.25) is 0 Å². The lowest BCUT2D eigenvalue weighted by molar-refractivity contribution is -0.0226. The minimum atomic E-state index is -1.16. The first-order valence-corrected chi connectivity index (χ1v) is 7.14. The van der Waals surface area contributed by atoms with E-state index in [1.807, 2.05) is 13.8 Å². The van der Waals surface area contributed by atoms with Crippen molar-refractivity contribution >= 4 is 16.9 Å². The number of furan rings is 1. The number of hydrogen-bond acceptors (Lipinski definition) is 8. The molecule has 0 amide bonds. The minimum Gasteiger partial charge on any atom is -0.458 e. The number of fused-ring (bicyclic) bond motifs is 1. The summed E-state index contributed by atoms with van der Waals surface area (Å²) in [5.41, 5.74) is 1.49. The number of aliphatic hydroxyl groups is 3. The highest BCUT2D eigenvalue weighted by molar-refractivity contribution is 5.86.